The third-order valence-electron chi connectivity index (χ3n) is 2.50. The Balaban J connectivity index is 2.42. The summed E-state index contributed by atoms with van der Waals surface area (Å²) in [6.45, 7) is 6.01. The number of nitrogens with two attached hydrogens (primary N) is 1. The lowest BCUT2D eigenvalue weighted by Crippen LogP contribution is -2.54. The summed E-state index contributed by atoms with van der Waals surface area (Å²) in [6, 6.07) is -0.286. The molecule has 0 radical (unpaired) electrons. The minimum atomic E-state index is -0.286. The second kappa shape index (κ2) is 4.97. The van der Waals surface area contributed by atoms with Crippen LogP contribution in [0.3, 0.4) is 0 Å². The van der Waals surface area contributed by atoms with Crippen LogP contribution in [0.2, 0.25) is 0 Å². The molecule has 86 valence electrons. The average Bonchev–Trinajstić information content (AvgIpc) is 2.27. The Hall–Kier alpha value is -1.30. The van der Waals surface area contributed by atoms with Gasteiger partial charge < -0.3 is 9.80 Å². The average molecular weight is 214 g/mol. The van der Waals surface area contributed by atoms with Gasteiger partial charge in [0.2, 0.25) is 5.91 Å². The van der Waals surface area contributed by atoms with Crippen LogP contribution in [-0.2, 0) is 4.79 Å². The maximum Gasteiger partial charge on any atom is 0.331 e. The number of rotatable bonds is 1. The Morgan fingerprint density at radius 2 is 1.60 bits per heavy atom. The quantitative estimate of drug-likeness (QED) is 0.346. The first-order valence-electron chi connectivity index (χ1n) is 5.10. The number of carbonyl (C=O) groups excluding carboxylic acids is 2. The first kappa shape index (κ1) is 11.8. The zero-order chi connectivity index (χ0) is 11.4. The molecular weight excluding hydrogens is 196 g/mol. The minimum Gasteiger partial charge on any atom is -0.339 e. The second-order valence-corrected chi connectivity index (χ2v) is 3.92. The lowest BCUT2D eigenvalue weighted by Gasteiger charge is -2.35. The topological polar surface area (TPSA) is 78.7 Å². The van der Waals surface area contributed by atoms with Crippen molar-refractivity contribution in [2.24, 2.45) is 11.8 Å². The highest BCUT2D eigenvalue weighted by Gasteiger charge is 2.24. The van der Waals surface area contributed by atoms with Crippen LogP contribution < -0.4 is 11.3 Å². The first-order valence-corrected chi connectivity index (χ1v) is 5.10. The van der Waals surface area contributed by atoms with Crippen molar-refractivity contribution in [1.29, 1.82) is 0 Å². The number of nitrogens with one attached hydrogen (secondary N) is 1. The molecule has 0 bridgehead atoms. The van der Waals surface area contributed by atoms with Crippen molar-refractivity contribution in [2.75, 3.05) is 26.2 Å². The molecule has 0 aromatic heterocycles. The predicted molar refractivity (Wildman–Crippen MR) is 55.7 cm³/mol. The van der Waals surface area contributed by atoms with Crippen LogP contribution in [0, 0.1) is 5.92 Å². The summed E-state index contributed by atoms with van der Waals surface area (Å²) >= 11 is 0. The Morgan fingerprint density at radius 1 is 1.13 bits per heavy atom. The molecule has 3 N–H and O–H groups in total. The van der Waals surface area contributed by atoms with E-state index < -0.39 is 0 Å². The fraction of sp³-hybridized carbons (Fsp3) is 0.778. The Morgan fingerprint density at radius 3 is 2.00 bits per heavy atom. The van der Waals surface area contributed by atoms with Gasteiger partial charge in [0, 0.05) is 32.1 Å². The highest BCUT2D eigenvalue weighted by atomic mass is 16.2. The van der Waals surface area contributed by atoms with Gasteiger partial charge in [-0.1, -0.05) is 13.8 Å². The number of urea groups is 1. The van der Waals surface area contributed by atoms with E-state index in [4.69, 9.17) is 5.84 Å². The molecule has 1 heterocycles. The van der Waals surface area contributed by atoms with Crippen molar-refractivity contribution in [3.8, 4) is 0 Å². The van der Waals surface area contributed by atoms with Gasteiger partial charge in [0.15, 0.2) is 0 Å². The molecule has 1 aliphatic heterocycles. The number of hydrazine groups is 1. The van der Waals surface area contributed by atoms with E-state index in [0.717, 1.165) is 0 Å². The molecule has 1 saturated heterocycles. The van der Waals surface area contributed by atoms with Crippen LogP contribution in [0.25, 0.3) is 0 Å². The fourth-order valence-electron chi connectivity index (χ4n) is 1.59. The molecular formula is C9H18N4O2. The van der Waals surface area contributed by atoms with Crippen molar-refractivity contribution in [3.05, 3.63) is 0 Å². The molecule has 1 aliphatic rings. The Labute approximate surface area is 89.4 Å². The van der Waals surface area contributed by atoms with Crippen molar-refractivity contribution in [3.63, 3.8) is 0 Å². The van der Waals surface area contributed by atoms with Crippen molar-refractivity contribution in [1.82, 2.24) is 15.2 Å². The number of hydrogen-bond acceptors (Lipinski definition) is 3. The monoisotopic (exact) mass is 214 g/mol. The van der Waals surface area contributed by atoms with Crippen LogP contribution in [0.4, 0.5) is 4.79 Å². The van der Waals surface area contributed by atoms with E-state index in [2.05, 4.69) is 5.43 Å². The summed E-state index contributed by atoms with van der Waals surface area (Å²) in [5.41, 5.74) is 2.09. The molecule has 0 aromatic carbocycles. The predicted octanol–water partition coefficient (Wildman–Crippen LogP) is -0.630. The van der Waals surface area contributed by atoms with E-state index in [1.165, 1.54) is 0 Å². The molecule has 0 unspecified atom stereocenters. The second-order valence-electron chi connectivity index (χ2n) is 3.92. The largest absolute Gasteiger partial charge is 0.339 e. The van der Waals surface area contributed by atoms with Gasteiger partial charge in [0.25, 0.3) is 0 Å². The molecule has 6 nitrogen and oxygen atoms in total. The third-order valence-corrected chi connectivity index (χ3v) is 2.50. The number of piperazine rings is 1. The van der Waals surface area contributed by atoms with Gasteiger partial charge in [0.1, 0.15) is 0 Å². The highest BCUT2D eigenvalue weighted by Crippen LogP contribution is 2.06. The van der Waals surface area contributed by atoms with Crippen molar-refractivity contribution >= 4 is 11.9 Å². The summed E-state index contributed by atoms with van der Waals surface area (Å²) in [7, 11) is 0. The van der Waals surface area contributed by atoms with E-state index in [9.17, 15) is 9.59 Å². The Bertz CT molecular complexity index is 246. The van der Waals surface area contributed by atoms with Crippen molar-refractivity contribution < 1.29 is 9.59 Å². The maximum atomic E-state index is 11.6. The van der Waals surface area contributed by atoms with Crippen LogP contribution in [-0.4, -0.2) is 47.9 Å². The molecule has 15 heavy (non-hydrogen) atoms. The van der Waals surface area contributed by atoms with E-state index in [1.807, 2.05) is 13.8 Å². The number of amides is 3. The number of nitrogens with zero attached hydrogens (tertiary/aromatic N) is 2. The lowest BCUT2D eigenvalue weighted by molar-refractivity contribution is -0.135. The maximum absolute atomic E-state index is 11.6. The van der Waals surface area contributed by atoms with E-state index in [-0.39, 0.29) is 17.9 Å². The van der Waals surface area contributed by atoms with Gasteiger partial charge in [0.05, 0.1) is 0 Å². The molecule has 0 saturated carbocycles. The normalized spacial score (nSPS) is 16.8. The van der Waals surface area contributed by atoms with Crippen LogP contribution in [0.15, 0.2) is 0 Å². The first-order chi connectivity index (χ1) is 7.06. The summed E-state index contributed by atoms with van der Waals surface area (Å²) in [4.78, 5) is 26.2. The van der Waals surface area contributed by atoms with Crippen LogP contribution in [0.5, 0.6) is 0 Å². The molecule has 3 amide bonds. The smallest absolute Gasteiger partial charge is 0.331 e. The summed E-state index contributed by atoms with van der Waals surface area (Å²) in [6.07, 6.45) is 0. The molecule has 0 spiro atoms. The molecule has 1 rings (SSSR count). The van der Waals surface area contributed by atoms with Crippen molar-refractivity contribution in [2.45, 2.75) is 13.8 Å². The third kappa shape index (κ3) is 2.82. The number of carbonyl (C=O) groups is 2. The van der Waals surface area contributed by atoms with Gasteiger partial charge in [-0.05, 0) is 0 Å². The fourth-order valence-corrected chi connectivity index (χ4v) is 1.59. The van der Waals surface area contributed by atoms with Crippen LogP contribution >= 0.6 is 0 Å². The Kier molecular flexibility index (Phi) is 3.90. The van der Waals surface area contributed by atoms with E-state index in [1.54, 1.807) is 9.80 Å². The van der Waals surface area contributed by atoms with Gasteiger partial charge >= 0.3 is 6.03 Å². The molecule has 0 atom stereocenters. The summed E-state index contributed by atoms with van der Waals surface area (Å²) in [5, 5.41) is 0. The summed E-state index contributed by atoms with van der Waals surface area (Å²) in [5.74, 6) is 5.18. The SMILES string of the molecule is CC(C)C(=O)N1CCN(C(=O)NN)CC1. The van der Waals surface area contributed by atoms with Gasteiger partial charge in [-0.15, -0.1) is 0 Å². The molecule has 6 heteroatoms. The van der Waals surface area contributed by atoms with E-state index in [0.29, 0.717) is 26.2 Å². The van der Waals surface area contributed by atoms with Gasteiger partial charge in [-0.25, -0.2) is 10.6 Å². The van der Waals surface area contributed by atoms with E-state index >= 15 is 0 Å². The van der Waals surface area contributed by atoms with Gasteiger partial charge in [-0.3, -0.25) is 10.2 Å². The molecule has 0 aliphatic carbocycles. The molecule has 0 aromatic rings. The minimum absolute atomic E-state index is 0.0138. The summed E-state index contributed by atoms with van der Waals surface area (Å²) < 4.78 is 0. The lowest BCUT2D eigenvalue weighted by atomic mass is 10.1. The standard InChI is InChI=1S/C9H18N4O2/c1-7(2)8(14)12-3-5-13(6-4-12)9(15)11-10/h7H,3-6,10H2,1-2H3,(H,11,15). The molecule has 1 fully saturated rings. The van der Waals surface area contributed by atoms with Gasteiger partial charge in [-0.2, -0.15) is 0 Å². The zero-order valence-corrected chi connectivity index (χ0v) is 9.19. The zero-order valence-electron chi connectivity index (χ0n) is 9.19. The number of hydrogen-bond donors (Lipinski definition) is 2. The highest BCUT2D eigenvalue weighted by molar-refractivity contribution is 5.79. The van der Waals surface area contributed by atoms with Crippen LogP contribution in [0.1, 0.15) is 13.8 Å².